The molecule has 0 aromatic carbocycles. The number of alkyl halides is 1. The number of carbonyl (C=O) groups is 1. The highest BCUT2D eigenvalue weighted by Crippen LogP contribution is 2.16. The van der Waals surface area contributed by atoms with E-state index in [4.69, 9.17) is 10.5 Å². The van der Waals surface area contributed by atoms with Crippen LogP contribution in [-0.4, -0.2) is 41.9 Å². The highest BCUT2D eigenvalue weighted by Gasteiger charge is 2.35. The average Bonchev–Trinajstić information content (AvgIpc) is 2.28. The first-order chi connectivity index (χ1) is 6.29. The lowest BCUT2D eigenvalue weighted by atomic mass is 10.2. The lowest BCUT2D eigenvalue weighted by Gasteiger charge is -2.24. The Balaban J connectivity index is 2.48. The van der Waals surface area contributed by atoms with Gasteiger partial charge in [-0.25, -0.2) is 9.18 Å². The van der Waals surface area contributed by atoms with Crippen LogP contribution in [0.15, 0.2) is 0 Å². The number of halogens is 1. The number of carbonyl (C=O) groups excluding carboxylic acids is 1. The highest BCUT2D eigenvalue weighted by molar-refractivity contribution is 5.68. The smallest absolute Gasteiger partial charge is 0.410 e. The van der Waals surface area contributed by atoms with Crippen LogP contribution < -0.4 is 5.73 Å². The molecule has 0 radical (unpaired) electrons. The molecule has 2 N–H and O–H groups in total. The first-order valence-corrected chi connectivity index (χ1v) is 4.67. The van der Waals surface area contributed by atoms with E-state index >= 15 is 0 Å². The molecular formula is C9H17FN2O2. The van der Waals surface area contributed by atoms with E-state index in [1.54, 1.807) is 20.8 Å². The molecule has 1 aliphatic heterocycles. The van der Waals surface area contributed by atoms with Gasteiger partial charge in [0, 0.05) is 6.54 Å². The molecule has 0 saturated carbocycles. The Morgan fingerprint density at radius 3 is 2.43 bits per heavy atom. The molecule has 1 heterocycles. The third-order valence-electron chi connectivity index (χ3n) is 1.94. The van der Waals surface area contributed by atoms with Crippen LogP contribution in [0.5, 0.6) is 0 Å². The summed E-state index contributed by atoms with van der Waals surface area (Å²) in [5.74, 6) is 0. The molecule has 1 saturated heterocycles. The third-order valence-corrected chi connectivity index (χ3v) is 1.94. The van der Waals surface area contributed by atoms with E-state index in [1.165, 1.54) is 4.90 Å². The van der Waals surface area contributed by atoms with Crippen molar-refractivity contribution in [2.75, 3.05) is 13.1 Å². The number of rotatable bonds is 0. The van der Waals surface area contributed by atoms with Gasteiger partial charge in [0.1, 0.15) is 11.8 Å². The van der Waals surface area contributed by atoms with Crippen LogP contribution in [-0.2, 0) is 4.74 Å². The van der Waals surface area contributed by atoms with Crippen molar-refractivity contribution in [1.82, 2.24) is 4.90 Å². The maximum absolute atomic E-state index is 13.0. The minimum Gasteiger partial charge on any atom is -0.444 e. The number of nitrogens with zero attached hydrogens (tertiary/aromatic N) is 1. The van der Waals surface area contributed by atoms with Crippen LogP contribution in [0.2, 0.25) is 0 Å². The normalized spacial score (nSPS) is 27.9. The van der Waals surface area contributed by atoms with Gasteiger partial charge >= 0.3 is 6.09 Å². The largest absolute Gasteiger partial charge is 0.444 e. The van der Waals surface area contributed by atoms with Crippen molar-refractivity contribution in [2.45, 2.75) is 38.6 Å². The molecule has 1 fully saturated rings. The van der Waals surface area contributed by atoms with Gasteiger partial charge in [-0.15, -0.1) is 0 Å². The van der Waals surface area contributed by atoms with Crippen LogP contribution in [0.3, 0.4) is 0 Å². The third kappa shape index (κ3) is 2.83. The van der Waals surface area contributed by atoms with Gasteiger partial charge in [0.15, 0.2) is 0 Å². The Bertz CT molecular complexity index is 217. The van der Waals surface area contributed by atoms with Crippen molar-refractivity contribution < 1.29 is 13.9 Å². The van der Waals surface area contributed by atoms with E-state index in [0.717, 1.165) is 0 Å². The van der Waals surface area contributed by atoms with E-state index in [9.17, 15) is 9.18 Å². The van der Waals surface area contributed by atoms with Gasteiger partial charge < -0.3 is 15.4 Å². The van der Waals surface area contributed by atoms with Crippen molar-refractivity contribution >= 4 is 6.09 Å². The number of likely N-dealkylation sites (tertiary alicyclic amines) is 1. The fourth-order valence-corrected chi connectivity index (χ4v) is 1.26. The molecule has 1 amide bonds. The van der Waals surface area contributed by atoms with Crippen molar-refractivity contribution in [2.24, 2.45) is 5.73 Å². The van der Waals surface area contributed by atoms with Gasteiger partial charge in [-0.3, -0.25) is 0 Å². The quantitative estimate of drug-likeness (QED) is 0.638. The van der Waals surface area contributed by atoms with Gasteiger partial charge in [-0.05, 0) is 20.8 Å². The molecule has 5 heteroatoms. The Morgan fingerprint density at radius 2 is 2.07 bits per heavy atom. The standard InChI is InChI=1S/C9H17FN2O2/c1-9(2,3)14-8(13)12-4-6(10)7(11)5-12/h6-7H,4-5,11H2,1-3H3/t6-,7?/m1/s1. The average molecular weight is 204 g/mol. The van der Waals surface area contributed by atoms with E-state index < -0.39 is 23.9 Å². The van der Waals surface area contributed by atoms with Crippen LogP contribution in [0.1, 0.15) is 20.8 Å². The van der Waals surface area contributed by atoms with Crippen LogP contribution in [0, 0.1) is 0 Å². The summed E-state index contributed by atoms with van der Waals surface area (Å²) in [4.78, 5) is 12.7. The predicted molar refractivity (Wildman–Crippen MR) is 50.7 cm³/mol. The first-order valence-electron chi connectivity index (χ1n) is 4.67. The molecule has 1 rings (SSSR count). The Morgan fingerprint density at radius 1 is 1.50 bits per heavy atom. The summed E-state index contributed by atoms with van der Waals surface area (Å²) in [6, 6.07) is -0.581. The maximum atomic E-state index is 13.0. The molecule has 1 unspecified atom stereocenters. The Kier molecular flexibility index (Phi) is 2.99. The monoisotopic (exact) mass is 204 g/mol. The number of amides is 1. The summed E-state index contributed by atoms with van der Waals surface area (Å²) in [7, 11) is 0. The van der Waals surface area contributed by atoms with Gasteiger partial charge in [-0.1, -0.05) is 0 Å². The number of hydrogen-bond donors (Lipinski definition) is 1. The lowest BCUT2D eigenvalue weighted by molar-refractivity contribution is 0.0283. The van der Waals surface area contributed by atoms with Crippen molar-refractivity contribution in [3.05, 3.63) is 0 Å². The van der Waals surface area contributed by atoms with Crippen LogP contribution in [0.25, 0.3) is 0 Å². The first kappa shape index (κ1) is 11.2. The second-order valence-electron chi connectivity index (χ2n) is 4.57. The zero-order valence-electron chi connectivity index (χ0n) is 8.79. The van der Waals surface area contributed by atoms with Gasteiger partial charge in [0.05, 0.1) is 12.6 Å². The summed E-state index contributed by atoms with van der Waals surface area (Å²) in [5, 5.41) is 0. The Labute approximate surface area is 83.2 Å². The number of hydrogen-bond acceptors (Lipinski definition) is 3. The number of ether oxygens (including phenoxy) is 1. The molecule has 0 spiro atoms. The molecule has 0 bridgehead atoms. The van der Waals surface area contributed by atoms with E-state index in [0.29, 0.717) is 0 Å². The van der Waals surface area contributed by atoms with E-state index in [1.807, 2.05) is 0 Å². The molecule has 2 atom stereocenters. The fourth-order valence-electron chi connectivity index (χ4n) is 1.26. The van der Waals surface area contributed by atoms with Gasteiger partial charge in [0.2, 0.25) is 0 Å². The number of nitrogens with two attached hydrogens (primary N) is 1. The maximum Gasteiger partial charge on any atom is 0.410 e. The zero-order chi connectivity index (χ0) is 10.9. The minimum atomic E-state index is -1.14. The minimum absolute atomic E-state index is 0.0378. The second-order valence-corrected chi connectivity index (χ2v) is 4.57. The molecule has 0 aromatic heterocycles. The van der Waals surface area contributed by atoms with Crippen molar-refractivity contribution in [1.29, 1.82) is 0 Å². The lowest BCUT2D eigenvalue weighted by Crippen LogP contribution is -2.36. The van der Waals surface area contributed by atoms with Crippen molar-refractivity contribution in [3.63, 3.8) is 0 Å². The summed E-state index contributed by atoms with van der Waals surface area (Å²) >= 11 is 0. The topological polar surface area (TPSA) is 55.6 Å². The van der Waals surface area contributed by atoms with Crippen LogP contribution >= 0.6 is 0 Å². The fraction of sp³-hybridized carbons (Fsp3) is 0.889. The van der Waals surface area contributed by atoms with Crippen molar-refractivity contribution in [3.8, 4) is 0 Å². The second kappa shape index (κ2) is 3.73. The molecule has 0 aliphatic carbocycles. The highest BCUT2D eigenvalue weighted by atomic mass is 19.1. The SMILES string of the molecule is CC(C)(C)OC(=O)N1CC(N)[C@H](F)C1. The summed E-state index contributed by atoms with van der Waals surface area (Å²) < 4.78 is 18.1. The summed E-state index contributed by atoms with van der Waals surface area (Å²) in [5.41, 5.74) is 4.90. The van der Waals surface area contributed by atoms with E-state index in [2.05, 4.69) is 0 Å². The molecule has 1 aliphatic rings. The molecule has 14 heavy (non-hydrogen) atoms. The Hall–Kier alpha value is -0.840. The molecule has 82 valence electrons. The van der Waals surface area contributed by atoms with E-state index in [-0.39, 0.29) is 13.1 Å². The predicted octanol–water partition coefficient (Wildman–Crippen LogP) is 0.903. The van der Waals surface area contributed by atoms with Gasteiger partial charge in [0.25, 0.3) is 0 Å². The van der Waals surface area contributed by atoms with Gasteiger partial charge in [-0.2, -0.15) is 0 Å². The molecular weight excluding hydrogens is 187 g/mol. The van der Waals surface area contributed by atoms with Crippen LogP contribution in [0.4, 0.5) is 9.18 Å². The molecule has 4 nitrogen and oxygen atoms in total. The summed E-state index contributed by atoms with van der Waals surface area (Å²) in [6.45, 7) is 5.58. The zero-order valence-corrected chi connectivity index (χ0v) is 8.79. The summed E-state index contributed by atoms with van der Waals surface area (Å²) in [6.07, 6.45) is -1.63. The molecule has 0 aromatic rings.